The zero-order chi connectivity index (χ0) is 19.4. The average Bonchev–Trinajstić information content (AvgIpc) is 2.61. The van der Waals surface area contributed by atoms with Gasteiger partial charge in [-0.3, -0.25) is 29.8 Å². The molecular formula is C16H14N4O6. The number of anilines is 1. The van der Waals surface area contributed by atoms with E-state index in [2.05, 4.69) is 10.6 Å². The topological polar surface area (TPSA) is 144 Å². The van der Waals surface area contributed by atoms with Crippen molar-refractivity contribution in [2.75, 3.05) is 12.4 Å². The Kier molecular flexibility index (Phi) is 5.26. The molecule has 2 aromatic rings. The van der Waals surface area contributed by atoms with Crippen LogP contribution in [0.1, 0.15) is 26.3 Å². The zero-order valence-corrected chi connectivity index (χ0v) is 13.8. The van der Waals surface area contributed by atoms with Crippen molar-refractivity contribution in [3.05, 3.63) is 73.3 Å². The lowest BCUT2D eigenvalue weighted by Crippen LogP contribution is -2.22. The smallest absolute Gasteiger partial charge is 0.279 e. The number of nitrogens with zero attached hydrogens (tertiary/aromatic N) is 2. The summed E-state index contributed by atoms with van der Waals surface area (Å²) in [5.41, 5.74) is -1.00. The maximum atomic E-state index is 12.6. The number of benzene rings is 2. The minimum Gasteiger partial charge on any atom is -0.355 e. The second-order valence-corrected chi connectivity index (χ2v) is 5.23. The number of hydrogen-bond acceptors (Lipinski definition) is 6. The van der Waals surface area contributed by atoms with E-state index in [4.69, 9.17) is 0 Å². The molecule has 26 heavy (non-hydrogen) atoms. The highest BCUT2D eigenvalue weighted by Gasteiger charge is 2.25. The Morgan fingerprint density at radius 2 is 1.62 bits per heavy atom. The summed E-state index contributed by atoms with van der Waals surface area (Å²) < 4.78 is 0. The Morgan fingerprint density at radius 3 is 2.19 bits per heavy atom. The van der Waals surface area contributed by atoms with E-state index >= 15 is 0 Å². The summed E-state index contributed by atoms with van der Waals surface area (Å²) >= 11 is 0. The maximum absolute atomic E-state index is 12.6. The summed E-state index contributed by atoms with van der Waals surface area (Å²) in [7, 11) is 1.43. The van der Waals surface area contributed by atoms with Crippen molar-refractivity contribution in [3.8, 4) is 0 Å². The Hall–Kier alpha value is -3.82. The van der Waals surface area contributed by atoms with E-state index in [0.717, 1.165) is 12.1 Å². The monoisotopic (exact) mass is 358 g/mol. The molecule has 0 aromatic heterocycles. The summed E-state index contributed by atoms with van der Waals surface area (Å²) in [5, 5.41) is 27.0. The third-order valence-electron chi connectivity index (χ3n) is 3.66. The third kappa shape index (κ3) is 3.64. The standard InChI is InChI=1S/C16H14N4O6/c1-9-12(7-10(19(23)24)8-14(9)20(25)26)16(22)18-13-6-4-3-5-11(13)15(21)17-2/h3-8H,1-2H3,(H,17,21)(H,18,22). The van der Waals surface area contributed by atoms with E-state index in [1.165, 1.54) is 26.1 Å². The summed E-state index contributed by atoms with van der Waals surface area (Å²) in [4.78, 5) is 44.9. The molecular weight excluding hydrogens is 344 g/mol. The summed E-state index contributed by atoms with van der Waals surface area (Å²) in [6.07, 6.45) is 0. The summed E-state index contributed by atoms with van der Waals surface area (Å²) in [6, 6.07) is 7.90. The van der Waals surface area contributed by atoms with Gasteiger partial charge in [0, 0.05) is 18.7 Å². The number of para-hydroxylation sites is 1. The molecule has 0 aliphatic rings. The van der Waals surface area contributed by atoms with Crippen molar-refractivity contribution in [3.63, 3.8) is 0 Å². The quantitative estimate of drug-likeness (QED) is 0.620. The van der Waals surface area contributed by atoms with Crippen molar-refractivity contribution in [2.45, 2.75) is 6.92 Å². The van der Waals surface area contributed by atoms with Gasteiger partial charge in [-0.05, 0) is 19.1 Å². The van der Waals surface area contributed by atoms with Gasteiger partial charge < -0.3 is 10.6 Å². The Morgan fingerprint density at radius 1 is 0.962 bits per heavy atom. The molecule has 0 saturated heterocycles. The van der Waals surface area contributed by atoms with Crippen LogP contribution in [0.15, 0.2) is 36.4 Å². The van der Waals surface area contributed by atoms with Crippen LogP contribution in [0, 0.1) is 27.2 Å². The molecule has 2 amide bonds. The summed E-state index contributed by atoms with van der Waals surface area (Å²) in [5.74, 6) is -1.24. The molecule has 0 heterocycles. The van der Waals surface area contributed by atoms with Crippen molar-refractivity contribution >= 4 is 28.9 Å². The maximum Gasteiger partial charge on any atom is 0.279 e. The van der Waals surface area contributed by atoms with Crippen LogP contribution in [0.4, 0.5) is 17.1 Å². The first-order valence-electron chi connectivity index (χ1n) is 7.32. The van der Waals surface area contributed by atoms with Gasteiger partial charge >= 0.3 is 0 Å². The number of carbonyl (C=O) groups is 2. The Labute approximate surface area is 147 Å². The minimum absolute atomic E-state index is 0.0180. The van der Waals surface area contributed by atoms with E-state index in [1.54, 1.807) is 12.1 Å². The molecule has 2 rings (SSSR count). The first kappa shape index (κ1) is 18.5. The number of amides is 2. The number of carbonyl (C=O) groups excluding carboxylic acids is 2. The molecule has 134 valence electrons. The van der Waals surface area contributed by atoms with Crippen LogP contribution in [-0.4, -0.2) is 28.7 Å². The van der Waals surface area contributed by atoms with Crippen molar-refractivity contribution in [1.82, 2.24) is 5.32 Å². The number of nitro groups is 2. The fourth-order valence-electron chi connectivity index (χ4n) is 2.33. The SMILES string of the molecule is CNC(=O)c1ccccc1NC(=O)c1cc([N+](=O)[O-])cc([N+](=O)[O-])c1C. The largest absolute Gasteiger partial charge is 0.355 e. The van der Waals surface area contributed by atoms with Gasteiger partial charge in [-0.25, -0.2) is 0 Å². The van der Waals surface area contributed by atoms with Crippen LogP contribution in [0.5, 0.6) is 0 Å². The van der Waals surface area contributed by atoms with Gasteiger partial charge in [0.1, 0.15) is 0 Å². The summed E-state index contributed by atoms with van der Waals surface area (Å²) in [6.45, 7) is 1.32. The predicted molar refractivity (Wildman–Crippen MR) is 92.3 cm³/mol. The Bertz CT molecular complexity index is 925. The lowest BCUT2D eigenvalue weighted by atomic mass is 10.0. The van der Waals surface area contributed by atoms with Gasteiger partial charge in [0.05, 0.1) is 32.7 Å². The lowest BCUT2D eigenvalue weighted by molar-refractivity contribution is -0.394. The molecule has 0 unspecified atom stereocenters. The molecule has 10 nitrogen and oxygen atoms in total. The van der Waals surface area contributed by atoms with Crippen LogP contribution < -0.4 is 10.6 Å². The average molecular weight is 358 g/mol. The first-order valence-corrected chi connectivity index (χ1v) is 7.32. The van der Waals surface area contributed by atoms with E-state index in [-0.39, 0.29) is 22.4 Å². The van der Waals surface area contributed by atoms with Gasteiger partial charge in [-0.15, -0.1) is 0 Å². The number of non-ortho nitro benzene ring substituents is 1. The first-order chi connectivity index (χ1) is 12.3. The molecule has 0 radical (unpaired) electrons. The molecule has 10 heteroatoms. The molecule has 0 aliphatic carbocycles. The van der Waals surface area contributed by atoms with Gasteiger partial charge in [0.2, 0.25) is 0 Å². The third-order valence-corrected chi connectivity index (χ3v) is 3.66. The van der Waals surface area contributed by atoms with Crippen LogP contribution in [0.3, 0.4) is 0 Å². The van der Waals surface area contributed by atoms with Crippen molar-refractivity contribution < 1.29 is 19.4 Å². The highest BCUT2D eigenvalue weighted by Crippen LogP contribution is 2.29. The molecule has 0 fully saturated rings. The number of hydrogen-bond donors (Lipinski definition) is 2. The predicted octanol–water partition coefficient (Wildman–Crippen LogP) is 2.42. The van der Waals surface area contributed by atoms with Gasteiger partial charge in [0.25, 0.3) is 23.2 Å². The second kappa shape index (κ2) is 7.38. The molecule has 0 saturated carbocycles. The minimum atomic E-state index is -0.818. The number of nitrogens with one attached hydrogen (secondary N) is 2. The van der Waals surface area contributed by atoms with Crippen molar-refractivity contribution in [2.24, 2.45) is 0 Å². The van der Waals surface area contributed by atoms with Crippen molar-refractivity contribution in [1.29, 1.82) is 0 Å². The van der Waals surface area contributed by atoms with Gasteiger partial charge in [-0.2, -0.15) is 0 Å². The molecule has 0 bridgehead atoms. The van der Waals surface area contributed by atoms with Crippen LogP contribution in [0.25, 0.3) is 0 Å². The van der Waals surface area contributed by atoms with E-state index in [0.29, 0.717) is 0 Å². The number of rotatable bonds is 5. The molecule has 2 N–H and O–H groups in total. The van der Waals surface area contributed by atoms with E-state index < -0.39 is 33.0 Å². The van der Waals surface area contributed by atoms with Crippen LogP contribution >= 0.6 is 0 Å². The van der Waals surface area contributed by atoms with Crippen LogP contribution in [-0.2, 0) is 0 Å². The van der Waals surface area contributed by atoms with Gasteiger partial charge in [-0.1, -0.05) is 12.1 Å². The second-order valence-electron chi connectivity index (χ2n) is 5.23. The van der Waals surface area contributed by atoms with Gasteiger partial charge in [0.15, 0.2) is 0 Å². The fourth-order valence-corrected chi connectivity index (χ4v) is 2.33. The molecule has 0 spiro atoms. The molecule has 0 atom stereocenters. The zero-order valence-electron chi connectivity index (χ0n) is 13.8. The lowest BCUT2D eigenvalue weighted by Gasteiger charge is -2.11. The fraction of sp³-hybridized carbons (Fsp3) is 0.125. The van der Waals surface area contributed by atoms with E-state index in [9.17, 15) is 29.8 Å². The van der Waals surface area contributed by atoms with E-state index in [1.807, 2.05) is 0 Å². The molecule has 0 aliphatic heterocycles. The highest BCUT2D eigenvalue weighted by molar-refractivity contribution is 6.10. The number of nitro benzene ring substituents is 2. The highest BCUT2D eigenvalue weighted by atomic mass is 16.6. The Balaban J connectivity index is 2.50. The normalized spacial score (nSPS) is 10.1. The molecule has 2 aromatic carbocycles. The van der Waals surface area contributed by atoms with Crippen LogP contribution in [0.2, 0.25) is 0 Å².